The molecule has 0 saturated heterocycles. The Morgan fingerprint density at radius 2 is 1.96 bits per heavy atom. The second-order valence-electron chi connectivity index (χ2n) is 4.75. The number of hydrogen-bond acceptors (Lipinski definition) is 4. The average Bonchev–Trinajstić information content (AvgIpc) is 2.98. The van der Waals surface area contributed by atoms with Gasteiger partial charge in [0.05, 0.1) is 10.2 Å². The molecule has 0 bridgehead atoms. The molecule has 7 heteroatoms. The number of halogens is 1. The van der Waals surface area contributed by atoms with E-state index < -0.39 is 0 Å². The van der Waals surface area contributed by atoms with Gasteiger partial charge in [-0.05, 0) is 30.2 Å². The molecule has 4 nitrogen and oxygen atoms in total. The molecule has 0 aliphatic carbocycles. The molecule has 0 spiro atoms. The van der Waals surface area contributed by atoms with E-state index in [2.05, 4.69) is 15.0 Å². The number of nitrogens with one attached hydrogen (secondary N) is 2. The van der Waals surface area contributed by atoms with Gasteiger partial charge in [0.1, 0.15) is 5.82 Å². The number of fused-ring (bicyclic) bond motifs is 1. The molecule has 0 fully saturated rings. The second-order valence-corrected chi connectivity index (χ2v) is 6.83. The number of nitrogens with zero attached hydrogens (tertiary/aromatic N) is 1. The van der Waals surface area contributed by atoms with Crippen molar-refractivity contribution in [1.82, 2.24) is 15.0 Å². The molecule has 118 valence electrons. The van der Waals surface area contributed by atoms with E-state index in [9.17, 15) is 9.18 Å². The Balaban J connectivity index is 1.45. The van der Waals surface area contributed by atoms with Crippen molar-refractivity contribution in [1.29, 1.82) is 0 Å². The van der Waals surface area contributed by atoms with Gasteiger partial charge < -0.3 is 5.32 Å². The maximum absolute atomic E-state index is 13.4. The molecule has 0 aliphatic rings. The molecular formula is C16H14FN3OS2. The van der Waals surface area contributed by atoms with Crippen molar-refractivity contribution in [2.75, 3.05) is 6.54 Å². The first-order chi connectivity index (χ1) is 11.2. The molecule has 0 aliphatic heterocycles. The number of para-hydroxylation sites is 1. The van der Waals surface area contributed by atoms with E-state index in [1.165, 1.54) is 29.4 Å². The minimum absolute atomic E-state index is 0.251. The quantitative estimate of drug-likeness (QED) is 0.686. The summed E-state index contributed by atoms with van der Waals surface area (Å²) < 4.78 is 18.0. The van der Waals surface area contributed by atoms with Crippen LogP contribution in [0.2, 0.25) is 0 Å². The van der Waals surface area contributed by atoms with Gasteiger partial charge in [-0.25, -0.2) is 14.2 Å². The molecule has 3 aromatic rings. The third kappa shape index (κ3) is 4.20. The Labute approximate surface area is 141 Å². The van der Waals surface area contributed by atoms with Crippen LogP contribution in [0.3, 0.4) is 0 Å². The summed E-state index contributed by atoms with van der Waals surface area (Å²) in [7, 11) is 0. The van der Waals surface area contributed by atoms with E-state index >= 15 is 0 Å². The number of urea groups is 1. The molecule has 2 aromatic carbocycles. The number of carbonyl (C=O) groups excluding carboxylic acids is 1. The van der Waals surface area contributed by atoms with Crippen LogP contribution in [0, 0.1) is 5.82 Å². The van der Waals surface area contributed by atoms with E-state index in [0.717, 1.165) is 14.6 Å². The SMILES string of the molecule is O=C(NCCc1ccccc1F)NSc1nc2ccccc2s1. The minimum Gasteiger partial charge on any atom is -0.337 e. The minimum atomic E-state index is -0.314. The maximum atomic E-state index is 13.4. The highest BCUT2D eigenvalue weighted by Crippen LogP contribution is 2.27. The predicted octanol–water partition coefficient (Wildman–Crippen LogP) is 3.98. The van der Waals surface area contributed by atoms with E-state index in [4.69, 9.17) is 0 Å². The highest BCUT2D eigenvalue weighted by atomic mass is 32.2. The highest BCUT2D eigenvalue weighted by molar-refractivity contribution is 7.99. The van der Waals surface area contributed by atoms with Crippen LogP contribution in [-0.2, 0) is 6.42 Å². The van der Waals surface area contributed by atoms with Gasteiger partial charge in [0.15, 0.2) is 4.34 Å². The zero-order chi connectivity index (χ0) is 16.1. The van der Waals surface area contributed by atoms with Crippen LogP contribution >= 0.6 is 23.3 Å². The van der Waals surface area contributed by atoms with Gasteiger partial charge in [-0.3, -0.25) is 4.72 Å². The Morgan fingerprint density at radius 3 is 2.78 bits per heavy atom. The smallest absolute Gasteiger partial charge is 0.325 e. The highest BCUT2D eigenvalue weighted by Gasteiger charge is 2.07. The Kier molecular flexibility index (Phi) is 5.09. The summed E-state index contributed by atoms with van der Waals surface area (Å²) in [4.78, 5) is 16.2. The summed E-state index contributed by atoms with van der Waals surface area (Å²) in [6.07, 6.45) is 0.450. The van der Waals surface area contributed by atoms with Crippen LogP contribution in [0.25, 0.3) is 10.2 Å². The average molecular weight is 347 g/mol. The van der Waals surface area contributed by atoms with Crippen molar-refractivity contribution in [2.45, 2.75) is 10.8 Å². The molecule has 2 amide bonds. The summed E-state index contributed by atoms with van der Waals surface area (Å²) in [6.45, 7) is 0.368. The molecular weight excluding hydrogens is 333 g/mol. The van der Waals surface area contributed by atoms with Gasteiger partial charge in [-0.15, -0.1) is 11.3 Å². The summed E-state index contributed by atoms with van der Waals surface area (Å²) in [5.74, 6) is -0.251. The second kappa shape index (κ2) is 7.43. The van der Waals surface area contributed by atoms with E-state index in [0.29, 0.717) is 18.5 Å². The van der Waals surface area contributed by atoms with Gasteiger partial charge >= 0.3 is 6.03 Å². The Bertz CT molecular complexity index is 789. The zero-order valence-electron chi connectivity index (χ0n) is 12.1. The van der Waals surface area contributed by atoms with Crippen molar-refractivity contribution in [3.8, 4) is 0 Å². The monoisotopic (exact) mass is 347 g/mol. The molecule has 1 aromatic heterocycles. The molecule has 2 N–H and O–H groups in total. The van der Waals surface area contributed by atoms with Gasteiger partial charge in [-0.2, -0.15) is 0 Å². The topological polar surface area (TPSA) is 54.0 Å². The number of rotatable bonds is 5. The Hall–Kier alpha value is -2.12. The van der Waals surface area contributed by atoms with Crippen molar-refractivity contribution < 1.29 is 9.18 Å². The lowest BCUT2D eigenvalue weighted by Crippen LogP contribution is -2.32. The van der Waals surface area contributed by atoms with Gasteiger partial charge in [0, 0.05) is 18.5 Å². The molecule has 0 saturated carbocycles. The van der Waals surface area contributed by atoms with Gasteiger partial charge in [0.25, 0.3) is 0 Å². The fourth-order valence-electron chi connectivity index (χ4n) is 2.03. The summed E-state index contributed by atoms with van der Waals surface area (Å²) >= 11 is 2.70. The van der Waals surface area contributed by atoms with Crippen LogP contribution in [0.15, 0.2) is 52.9 Å². The summed E-state index contributed by atoms with van der Waals surface area (Å²) in [6, 6.07) is 14.1. The number of benzene rings is 2. The van der Waals surface area contributed by atoms with Crippen molar-refractivity contribution >= 4 is 39.5 Å². The molecule has 23 heavy (non-hydrogen) atoms. The molecule has 0 radical (unpaired) electrons. The Morgan fingerprint density at radius 1 is 1.17 bits per heavy atom. The lowest BCUT2D eigenvalue weighted by molar-refractivity contribution is 0.246. The van der Waals surface area contributed by atoms with Gasteiger partial charge in [0.2, 0.25) is 0 Å². The number of aromatic nitrogens is 1. The number of carbonyl (C=O) groups is 1. The van der Waals surface area contributed by atoms with Crippen molar-refractivity contribution in [3.63, 3.8) is 0 Å². The predicted molar refractivity (Wildman–Crippen MR) is 92.1 cm³/mol. The molecule has 1 heterocycles. The standard InChI is InChI=1S/C16H14FN3OS2/c17-12-6-2-1-5-11(12)9-10-18-15(21)20-23-16-19-13-7-3-4-8-14(13)22-16/h1-8H,9-10H2,(H2,18,20,21). The van der Waals surface area contributed by atoms with E-state index in [1.54, 1.807) is 18.2 Å². The lowest BCUT2D eigenvalue weighted by Gasteiger charge is -2.06. The van der Waals surface area contributed by atoms with E-state index in [1.807, 2.05) is 24.3 Å². The molecule has 0 unspecified atom stereocenters. The van der Waals surface area contributed by atoms with Crippen LogP contribution in [-0.4, -0.2) is 17.6 Å². The first-order valence-electron chi connectivity index (χ1n) is 7.02. The largest absolute Gasteiger partial charge is 0.337 e. The molecule has 3 rings (SSSR count). The van der Waals surface area contributed by atoms with Crippen LogP contribution < -0.4 is 10.0 Å². The normalized spacial score (nSPS) is 10.7. The maximum Gasteiger partial charge on any atom is 0.325 e. The summed E-state index contributed by atoms with van der Waals surface area (Å²) in [5.41, 5.74) is 1.51. The number of hydrogen-bond donors (Lipinski definition) is 2. The number of amides is 2. The van der Waals surface area contributed by atoms with E-state index in [-0.39, 0.29) is 11.8 Å². The number of thiazole rings is 1. The third-order valence-electron chi connectivity index (χ3n) is 3.14. The first kappa shape index (κ1) is 15.8. The van der Waals surface area contributed by atoms with Crippen LogP contribution in [0.4, 0.5) is 9.18 Å². The van der Waals surface area contributed by atoms with Crippen LogP contribution in [0.1, 0.15) is 5.56 Å². The fourth-order valence-corrected chi connectivity index (χ4v) is 3.69. The van der Waals surface area contributed by atoms with Gasteiger partial charge in [-0.1, -0.05) is 30.3 Å². The lowest BCUT2D eigenvalue weighted by atomic mass is 10.1. The van der Waals surface area contributed by atoms with Crippen LogP contribution in [0.5, 0.6) is 0 Å². The summed E-state index contributed by atoms with van der Waals surface area (Å²) in [5, 5.41) is 2.70. The van der Waals surface area contributed by atoms with Crippen molar-refractivity contribution in [2.24, 2.45) is 0 Å². The zero-order valence-corrected chi connectivity index (χ0v) is 13.7. The molecule has 0 atom stereocenters. The fraction of sp³-hybridized carbons (Fsp3) is 0.125. The third-order valence-corrected chi connectivity index (χ3v) is 5.03. The van der Waals surface area contributed by atoms with Crippen molar-refractivity contribution in [3.05, 3.63) is 59.9 Å². The first-order valence-corrected chi connectivity index (χ1v) is 8.65.